The van der Waals surface area contributed by atoms with Gasteiger partial charge in [0, 0.05) is 124 Å². The van der Waals surface area contributed by atoms with Gasteiger partial charge in [-0.05, 0) is 109 Å². The molecule has 32 heteroatoms. The number of alkyl halides is 6. The zero-order valence-electron chi connectivity index (χ0n) is 53.5. The molecule has 3 amide bonds. The van der Waals surface area contributed by atoms with E-state index in [4.69, 9.17) is 76.8 Å². The summed E-state index contributed by atoms with van der Waals surface area (Å²) in [7, 11) is -1.95. The number of hydrogen-bond acceptors (Lipinski definition) is 16. The minimum atomic E-state index is -5.81. The fraction of sp³-hybridized carbons (Fsp3) is 0.304. The lowest BCUT2D eigenvalue weighted by Gasteiger charge is -2.53. The van der Waals surface area contributed by atoms with Crippen LogP contribution in [0.15, 0.2) is 146 Å². The smallest absolute Gasteiger partial charge is 0.476 e. The maximum atomic E-state index is 16.1. The Morgan fingerprint density at radius 2 is 0.634 bits per heavy atom. The van der Waals surface area contributed by atoms with Gasteiger partial charge in [0.05, 0.1) is 58.0 Å². The lowest BCUT2D eigenvalue weighted by atomic mass is 9.77. The fourth-order valence-corrected chi connectivity index (χ4v) is 16.0. The van der Waals surface area contributed by atoms with Crippen LogP contribution in [0.3, 0.4) is 0 Å². The first-order chi connectivity index (χ1) is 48.1. The molecule has 6 aliphatic rings. The molecule has 15 rings (SSSR count). The van der Waals surface area contributed by atoms with Gasteiger partial charge in [0.1, 0.15) is 36.6 Å². The molecule has 3 saturated carbocycles. The molecule has 0 bridgehead atoms. The first-order valence-corrected chi connectivity index (χ1v) is 34.0. The maximum absolute atomic E-state index is 16.1. The lowest BCUT2D eigenvalue weighted by molar-refractivity contribution is -0.250. The molecule has 3 aliphatic carbocycles. The topological polar surface area (TPSA) is 215 Å². The summed E-state index contributed by atoms with van der Waals surface area (Å²) in [5.41, 5.74) is -1.71. The molecule has 3 fully saturated rings. The summed E-state index contributed by atoms with van der Waals surface area (Å²) in [6.07, 6.45) is -2.26. The number of ether oxygens (including phenoxy) is 6. The number of carbonyl (C=O) groups excluding carboxylic acids is 3. The number of amides is 3. The third-order valence-corrected chi connectivity index (χ3v) is 20.8. The number of phosphoric ester groups is 1. The summed E-state index contributed by atoms with van der Waals surface area (Å²) >= 11 is 18.2. The highest BCUT2D eigenvalue weighted by molar-refractivity contribution is 7.48. The van der Waals surface area contributed by atoms with E-state index in [2.05, 4.69) is 15.3 Å². The Bertz CT molecular complexity index is 4350. The van der Waals surface area contributed by atoms with E-state index in [0.29, 0.717) is 65.9 Å². The van der Waals surface area contributed by atoms with Crippen molar-refractivity contribution in [3.05, 3.63) is 195 Å². The number of hydrogen-bond donors (Lipinski definition) is 0. The molecule has 0 saturated heterocycles. The Labute approximate surface area is 586 Å². The van der Waals surface area contributed by atoms with Crippen LogP contribution < -0.4 is 43.1 Å². The van der Waals surface area contributed by atoms with Crippen LogP contribution in [0.4, 0.5) is 43.4 Å². The minimum absolute atomic E-state index is 0.00132. The Kier molecular flexibility index (Phi) is 16.8. The van der Waals surface area contributed by atoms with Crippen molar-refractivity contribution < 1.29 is 87.3 Å². The number of phosphoric acid groups is 1. The molecule has 0 radical (unpaired) electrons. The molecule has 524 valence electrons. The molecule has 0 spiro atoms. The summed E-state index contributed by atoms with van der Waals surface area (Å²) in [6, 6.07) is 33.6. The number of nitrogens with zero attached hydrogens (tertiary/aromatic N) is 9. The van der Waals surface area contributed by atoms with Crippen molar-refractivity contribution in [1.29, 1.82) is 0 Å². The van der Waals surface area contributed by atoms with Crippen molar-refractivity contribution in [3.63, 3.8) is 0 Å². The number of benzene rings is 6. The first-order valence-electron chi connectivity index (χ1n) is 31.4. The summed E-state index contributed by atoms with van der Waals surface area (Å²) in [4.78, 5) is 45.8. The molecule has 22 nitrogen and oxygen atoms in total. The highest BCUT2D eigenvalue weighted by Gasteiger charge is 2.69. The van der Waals surface area contributed by atoms with Crippen molar-refractivity contribution in [2.45, 2.75) is 92.7 Å². The monoisotopic (exact) mass is 1470 g/mol. The molecule has 101 heavy (non-hydrogen) atoms. The van der Waals surface area contributed by atoms with Gasteiger partial charge in [-0.25, -0.2) is 45.0 Å². The molecule has 6 aromatic carbocycles. The molecule has 6 heterocycles. The average molecular weight is 1470 g/mol. The number of fused-ring (bicyclic) bond motifs is 3. The van der Waals surface area contributed by atoms with E-state index >= 15 is 30.9 Å². The number of methoxy groups -OCH3 is 3. The molecular weight excluding hydrogens is 1410 g/mol. The van der Waals surface area contributed by atoms with Crippen molar-refractivity contribution in [3.8, 4) is 51.6 Å². The van der Waals surface area contributed by atoms with Gasteiger partial charge in [-0.1, -0.05) is 34.8 Å². The number of anilines is 3. The molecule has 3 aliphatic heterocycles. The third kappa shape index (κ3) is 13.1. The summed E-state index contributed by atoms with van der Waals surface area (Å²) in [5, 5.41) is 15.1. The Morgan fingerprint density at radius 3 is 0.861 bits per heavy atom. The second-order valence-corrected chi connectivity index (χ2v) is 28.5. The molecule has 9 aromatic rings. The van der Waals surface area contributed by atoms with E-state index < -0.39 is 118 Å². The lowest BCUT2D eigenvalue weighted by Crippen LogP contribution is -2.61. The van der Waals surface area contributed by atoms with E-state index in [0.717, 1.165) is 0 Å². The van der Waals surface area contributed by atoms with Gasteiger partial charge in [0.2, 0.25) is 0 Å². The normalized spacial score (nSPS) is 18.5. The second-order valence-electron chi connectivity index (χ2n) is 25.7. The Hall–Kier alpha value is -9.28. The summed E-state index contributed by atoms with van der Waals surface area (Å²) < 4.78 is 169. The van der Waals surface area contributed by atoms with Crippen LogP contribution in [0.2, 0.25) is 15.1 Å². The largest absolute Gasteiger partial charge is 0.493 e. The first kappa shape index (κ1) is 67.5. The predicted octanol–water partition coefficient (Wildman–Crippen LogP) is 14.9. The van der Waals surface area contributed by atoms with Gasteiger partial charge in [0.15, 0.2) is 51.6 Å². The van der Waals surface area contributed by atoms with Gasteiger partial charge in [-0.3, -0.25) is 28.0 Å². The second kappa shape index (κ2) is 25.1. The van der Waals surface area contributed by atoms with Gasteiger partial charge in [-0.15, -0.1) is 0 Å². The van der Waals surface area contributed by atoms with Crippen molar-refractivity contribution in [1.82, 2.24) is 29.3 Å². The van der Waals surface area contributed by atoms with E-state index in [9.17, 15) is 14.4 Å². The Balaban J connectivity index is 0.701. The number of aromatic nitrogens is 6. The van der Waals surface area contributed by atoms with Crippen LogP contribution in [-0.4, -0.2) is 123 Å². The molecular formula is C69H57Cl3F6N9O13P. The quantitative estimate of drug-likeness (QED) is 0.0406. The van der Waals surface area contributed by atoms with Crippen LogP contribution >= 0.6 is 42.6 Å². The van der Waals surface area contributed by atoms with Crippen molar-refractivity contribution in [2.75, 3.05) is 55.8 Å². The molecule has 0 N–H and O–H groups in total. The SMILES string of the molecule is COc1cc(N2Cc3cn(-c4ccc(Cl)cc4)nc3C2=O)ccc1OCC1(OP(=O)(OC2(COc3ccc(N4Cc5cn(-c6ccc(Cl)cc6)nc5C4=O)cc3OC)CC(F)(F)C2)OC2(COc3ccc(N4Cc5cn(-c6ccc(Cl)cc6)nc5C4=O)cc3OC)CC(F)(F)C2)CC(F)(F)C1. The van der Waals surface area contributed by atoms with Crippen LogP contribution in [0.5, 0.6) is 34.5 Å². The standard InChI is InChI=1S/C69H57Cl3F6N9O13P/c1-92-55-22-49(82-25-40-28-85(79-58(40)61(82)88)46-10-4-43(70)5-11-46)16-19-52(55)95-37-64(31-67(73,74)32-64)98-101(91,99-65(33-68(75,76)34-65)38-96-53-20-17-50(23-56(53)93-2)83-26-41-29-86(80-59(41)62(83)89)47-12-6-44(71)7-13-47)100-66(35-69(77,78)36-66)39-97-54-21-18-51(24-57(54)94-3)84-27-42-30-87(81-60(42)63(84)90)48-14-8-45(72)9-15-48/h4-24,28-30H,25-27,31-39H2,1-3H3. The van der Waals surface area contributed by atoms with Crippen LogP contribution in [0, 0.1) is 0 Å². The van der Waals surface area contributed by atoms with Gasteiger partial charge >= 0.3 is 7.82 Å². The van der Waals surface area contributed by atoms with Gasteiger partial charge in [0.25, 0.3) is 35.5 Å². The number of rotatable bonds is 24. The third-order valence-electron chi connectivity index (χ3n) is 18.2. The maximum Gasteiger partial charge on any atom is 0.476 e. The minimum Gasteiger partial charge on any atom is -0.493 e. The molecule has 0 atom stereocenters. The van der Waals surface area contributed by atoms with Crippen LogP contribution in [-0.2, 0) is 37.8 Å². The molecule has 3 aromatic heterocycles. The van der Waals surface area contributed by atoms with Crippen molar-refractivity contribution >= 4 is 77.4 Å². The van der Waals surface area contributed by atoms with Crippen LogP contribution in [0.25, 0.3) is 17.1 Å². The van der Waals surface area contributed by atoms with Gasteiger partial charge in [-0.2, -0.15) is 15.3 Å². The van der Waals surface area contributed by atoms with Gasteiger partial charge < -0.3 is 43.1 Å². The highest BCUT2D eigenvalue weighted by atomic mass is 35.5. The van der Waals surface area contributed by atoms with E-state index in [1.54, 1.807) is 105 Å². The number of halogens is 9. The zero-order valence-corrected chi connectivity index (χ0v) is 56.7. The van der Waals surface area contributed by atoms with E-state index in [1.807, 2.05) is 0 Å². The average Bonchev–Trinajstić information content (AvgIpc) is 1.68. The predicted molar refractivity (Wildman–Crippen MR) is 354 cm³/mol. The van der Waals surface area contributed by atoms with Crippen molar-refractivity contribution in [2.24, 2.45) is 0 Å². The van der Waals surface area contributed by atoms with E-state index in [-0.39, 0.29) is 71.2 Å². The Morgan fingerprint density at radius 1 is 0.386 bits per heavy atom. The van der Waals surface area contributed by atoms with E-state index in [1.165, 1.54) is 90.6 Å². The summed E-state index contributed by atoms with van der Waals surface area (Å²) in [6.45, 7) is -2.29. The number of carbonyl (C=O) groups is 3. The zero-order chi connectivity index (χ0) is 70.8. The van der Waals surface area contributed by atoms with Crippen LogP contribution in [0.1, 0.15) is 86.7 Å². The summed E-state index contributed by atoms with van der Waals surface area (Å²) in [5.74, 6) is -12.2. The fourth-order valence-electron chi connectivity index (χ4n) is 13.5. The highest BCUT2D eigenvalue weighted by Crippen LogP contribution is 2.69. The molecule has 0 unspecified atom stereocenters.